The number of nitrogens with two attached hydrogens (primary N) is 1. The zero-order valence-corrected chi connectivity index (χ0v) is 6.76. The van der Waals surface area contributed by atoms with E-state index in [1.54, 1.807) is 6.07 Å². The number of hydrogen-bond acceptors (Lipinski definition) is 2. The SMILES string of the molecule is NCCCc1ccc(F)c(O)c1. The van der Waals surface area contributed by atoms with Crippen molar-refractivity contribution < 1.29 is 9.50 Å². The van der Waals surface area contributed by atoms with E-state index in [1.165, 1.54) is 12.1 Å². The highest BCUT2D eigenvalue weighted by Gasteiger charge is 2.00. The van der Waals surface area contributed by atoms with E-state index in [4.69, 9.17) is 10.8 Å². The van der Waals surface area contributed by atoms with Gasteiger partial charge in [-0.2, -0.15) is 0 Å². The molecule has 0 unspecified atom stereocenters. The van der Waals surface area contributed by atoms with Crippen molar-refractivity contribution in [1.29, 1.82) is 0 Å². The minimum atomic E-state index is -0.577. The van der Waals surface area contributed by atoms with Gasteiger partial charge in [-0.15, -0.1) is 0 Å². The monoisotopic (exact) mass is 169 g/mol. The fraction of sp³-hybridized carbons (Fsp3) is 0.333. The van der Waals surface area contributed by atoms with E-state index >= 15 is 0 Å². The first kappa shape index (κ1) is 9.00. The number of aryl methyl sites for hydroxylation is 1. The molecule has 0 atom stereocenters. The molecular formula is C9H12FNO. The summed E-state index contributed by atoms with van der Waals surface area (Å²) < 4.78 is 12.5. The highest BCUT2D eigenvalue weighted by Crippen LogP contribution is 2.17. The molecule has 0 spiro atoms. The third-order valence-corrected chi connectivity index (χ3v) is 1.68. The van der Waals surface area contributed by atoms with Gasteiger partial charge in [0, 0.05) is 0 Å². The lowest BCUT2D eigenvalue weighted by molar-refractivity contribution is 0.431. The number of aromatic hydroxyl groups is 1. The summed E-state index contributed by atoms with van der Waals surface area (Å²) in [5, 5.41) is 8.99. The predicted molar refractivity (Wildman–Crippen MR) is 45.4 cm³/mol. The second-order valence-electron chi connectivity index (χ2n) is 2.68. The maximum Gasteiger partial charge on any atom is 0.164 e. The highest BCUT2D eigenvalue weighted by atomic mass is 19.1. The van der Waals surface area contributed by atoms with Gasteiger partial charge in [0.2, 0.25) is 0 Å². The summed E-state index contributed by atoms with van der Waals surface area (Å²) in [5.74, 6) is -0.865. The van der Waals surface area contributed by atoms with Crippen molar-refractivity contribution in [2.45, 2.75) is 12.8 Å². The predicted octanol–water partition coefficient (Wildman–Crippen LogP) is 1.42. The van der Waals surface area contributed by atoms with Crippen LogP contribution in [-0.2, 0) is 6.42 Å². The van der Waals surface area contributed by atoms with Crippen LogP contribution in [0, 0.1) is 5.82 Å². The molecule has 3 N–H and O–H groups in total. The second-order valence-corrected chi connectivity index (χ2v) is 2.68. The first-order valence-electron chi connectivity index (χ1n) is 3.91. The molecule has 3 heteroatoms. The normalized spacial score (nSPS) is 10.2. The minimum absolute atomic E-state index is 0.287. The van der Waals surface area contributed by atoms with E-state index in [2.05, 4.69) is 0 Å². The van der Waals surface area contributed by atoms with Crippen LogP contribution in [0.4, 0.5) is 4.39 Å². The molecule has 0 bridgehead atoms. The van der Waals surface area contributed by atoms with Gasteiger partial charge in [0.1, 0.15) is 0 Å². The van der Waals surface area contributed by atoms with Crippen molar-refractivity contribution >= 4 is 0 Å². The smallest absolute Gasteiger partial charge is 0.164 e. The van der Waals surface area contributed by atoms with Crippen LogP contribution in [0.3, 0.4) is 0 Å². The topological polar surface area (TPSA) is 46.2 Å². The molecule has 0 amide bonds. The zero-order valence-electron chi connectivity index (χ0n) is 6.76. The third-order valence-electron chi connectivity index (χ3n) is 1.68. The van der Waals surface area contributed by atoms with E-state index < -0.39 is 5.82 Å². The van der Waals surface area contributed by atoms with Gasteiger partial charge >= 0.3 is 0 Å². The molecule has 1 aromatic rings. The van der Waals surface area contributed by atoms with Gasteiger partial charge in [0.05, 0.1) is 0 Å². The van der Waals surface area contributed by atoms with E-state index in [-0.39, 0.29) is 5.75 Å². The molecule has 0 aromatic heterocycles. The average molecular weight is 169 g/mol. The van der Waals surface area contributed by atoms with Crippen LogP contribution < -0.4 is 5.73 Å². The van der Waals surface area contributed by atoms with Crippen LogP contribution in [0.2, 0.25) is 0 Å². The summed E-state index contributed by atoms with van der Waals surface area (Å²) in [7, 11) is 0. The summed E-state index contributed by atoms with van der Waals surface area (Å²) in [6, 6.07) is 4.36. The summed E-state index contributed by atoms with van der Waals surface area (Å²) >= 11 is 0. The van der Waals surface area contributed by atoms with Gasteiger partial charge in [-0.1, -0.05) is 6.07 Å². The van der Waals surface area contributed by atoms with Gasteiger partial charge in [-0.05, 0) is 37.1 Å². The van der Waals surface area contributed by atoms with Crippen LogP contribution in [0.25, 0.3) is 0 Å². The Morgan fingerprint density at radius 3 is 2.75 bits per heavy atom. The van der Waals surface area contributed by atoms with E-state index in [0.717, 1.165) is 18.4 Å². The standard InChI is InChI=1S/C9H12FNO/c10-8-4-3-7(2-1-5-11)6-9(8)12/h3-4,6,12H,1-2,5,11H2. The van der Waals surface area contributed by atoms with Crippen molar-refractivity contribution in [2.24, 2.45) is 5.73 Å². The molecule has 0 radical (unpaired) electrons. The summed E-state index contributed by atoms with van der Waals surface area (Å²) in [5.41, 5.74) is 6.22. The molecule has 1 aromatic carbocycles. The maximum absolute atomic E-state index is 12.5. The molecule has 1 rings (SSSR count). The Bertz CT molecular complexity index is 263. The van der Waals surface area contributed by atoms with Crippen molar-refractivity contribution in [3.63, 3.8) is 0 Å². The molecule has 0 heterocycles. The molecular weight excluding hydrogens is 157 g/mol. The first-order chi connectivity index (χ1) is 5.74. The Labute approximate surface area is 70.8 Å². The average Bonchev–Trinajstić information content (AvgIpc) is 2.07. The van der Waals surface area contributed by atoms with Crippen molar-refractivity contribution in [3.8, 4) is 5.75 Å². The van der Waals surface area contributed by atoms with Crippen LogP contribution in [-0.4, -0.2) is 11.7 Å². The number of phenolic OH excluding ortho intramolecular Hbond substituents is 1. The van der Waals surface area contributed by atoms with Gasteiger partial charge in [-0.25, -0.2) is 4.39 Å². The fourth-order valence-corrected chi connectivity index (χ4v) is 1.02. The van der Waals surface area contributed by atoms with Crippen LogP contribution in [0.15, 0.2) is 18.2 Å². The first-order valence-corrected chi connectivity index (χ1v) is 3.91. The molecule has 0 saturated heterocycles. The number of phenols is 1. The molecule has 0 fully saturated rings. The van der Waals surface area contributed by atoms with Crippen molar-refractivity contribution in [2.75, 3.05) is 6.54 Å². The summed E-state index contributed by atoms with van der Waals surface area (Å²) in [4.78, 5) is 0. The third kappa shape index (κ3) is 2.20. The molecule has 0 saturated carbocycles. The molecule has 2 nitrogen and oxygen atoms in total. The minimum Gasteiger partial charge on any atom is -0.505 e. The van der Waals surface area contributed by atoms with Gasteiger partial charge < -0.3 is 10.8 Å². The van der Waals surface area contributed by atoms with E-state index in [9.17, 15) is 4.39 Å². The van der Waals surface area contributed by atoms with Gasteiger partial charge in [0.25, 0.3) is 0 Å². The van der Waals surface area contributed by atoms with Crippen LogP contribution >= 0.6 is 0 Å². The lowest BCUT2D eigenvalue weighted by Crippen LogP contribution is -2.00. The Balaban J connectivity index is 2.69. The molecule has 0 aliphatic heterocycles. The highest BCUT2D eigenvalue weighted by molar-refractivity contribution is 5.28. The number of benzene rings is 1. The Hall–Kier alpha value is -1.09. The molecule has 12 heavy (non-hydrogen) atoms. The Morgan fingerprint density at radius 2 is 2.17 bits per heavy atom. The van der Waals surface area contributed by atoms with Gasteiger partial charge in [-0.3, -0.25) is 0 Å². The van der Waals surface area contributed by atoms with Crippen molar-refractivity contribution in [1.82, 2.24) is 0 Å². The quantitative estimate of drug-likeness (QED) is 0.718. The van der Waals surface area contributed by atoms with Crippen molar-refractivity contribution in [3.05, 3.63) is 29.6 Å². The second kappa shape index (κ2) is 4.07. The Morgan fingerprint density at radius 1 is 1.42 bits per heavy atom. The summed E-state index contributed by atoms with van der Waals surface area (Å²) in [6.07, 6.45) is 1.63. The maximum atomic E-state index is 12.5. The summed E-state index contributed by atoms with van der Waals surface area (Å²) in [6.45, 7) is 0.609. The fourth-order valence-electron chi connectivity index (χ4n) is 1.02. The lowest BCUT2D eigenvalue weighted by atomic mass is 10.1. The largest absolute Gasteiger partial charge is 0.505 e. The van der Waals surface area contributed by atoms with Crippen LogP contribution in [0.5, 0.6) is 5.75 Å². The van der Waals surface area contributed by atoms with E-state index in [0.29, 0.717) is 6.54 Å². The van der Waals surface area contributed by atoms with E-state index in [1.807, 2.05) is 0 Å². The number of hydrogen-bond donors (Lipinski definition) is 2. The molecule has 0 aliphatic carbocycles. The number of rotatable bonds is 3. The zero-order chi connectivity index (χ0) is 8.97. The Kier molecular flexibility index (Phi) is 3.05. The van der Waals surface area contributed by atoms with Crippen LogP contribution in [0.1, 0.15) is 12.0 Å². The van der Waals surface area contributed by atoms with Gasteiger partial charge in [0.15, 0.2) is 11.6 Å². The molecule has 66 valence electrons. The lowest BCUT2D eigenvalue weighted by Gasteiger charge is -2.00. The molecule has 0 aliphatic rings. The number of halogens is 1.